The first-order valence-corrected chi connectivity index (χ1v) is 9.71. The number of piperidine rings is 1. The number of hydrogen-bond donors (Lipinski definition) is 2. The Hall–Kier alpha value is -2.34. The Bertz CT molecular complexity index is 856. The van der Waals surface area contributed by atoms with Gasteiger partial charge in [0.15, 0.2) is 5.76 Å². The van der Waals surface area contributed by atoms with E-state index < -0.39 is 0 Å². The third-order valence-corrected chi connectivity index (χ3v) is 5.47. The standard InChI is InChI=1S/C21H29N3O3/c1-13-7-8-14(2)19-18(13)15(3)20(27-19)21(26)24-11-5-4-6-16(24)12-23-17(25)9-10-22/h7-8,16H,4-6,9-12,22H2,1-3H3,(H,23,25). The molecule has 1 aromatic carbocycles. The Morgan fingerprint density at radius 1 is 1.22 bits per heavy atom. The van der Waals surface area contributed by atoms with E-state index in [1.54, 1.807) is 0 Å². The van der Waals surface area contributed by atoms with Gasteiger partial charge in [-0.25, -0.2) is 0 Å². The highest BCUT2D eigenvalue weighted by atomic mass is 16.3. The zero-order valence-electron chi connectivity index (χ0n) is 16.4. The van der Waals surface area contributed by atoms with Crippen LogP contribution in [0.15, 0.2) is 16.5 Å². The summed E-state index contributed by atoms with van der Waals surface area (Å²) >= 11 is 0. The number of nitrogens with one attached hydrogen (secondary N) is 1. The third kappa shape index (κ3) is 3.86. The molecule has 0 spiro atoms. The molecule has 3 rings (SSSR count). The molecule has 1 fully saturated rings. The first-order valence-electron chi connectivity index (χ1n) is 9.71. The van der Waals surface area contributed by atoms with Crippen LogP contribution in [0.3, 0.4) is 0 Å². The topological polar surface area (TPSA) is 88.6 Å². The van der Waals surface area contributed by atoms with E-state index in [9.17, 15) is 9.59 Å². The van der Waals surface area contributed by atoms with Crippen molar-refractivity contribution in [3.63, 3.8) is 0 Å². The molecule has 146 valence electrons. The van der Waals surface area contributed by atoms with Crippen molar-refractivity contribution in [1.29, 1.82) is 0 Å². The van der Waals surface area contributed by atoms with Crippen molar-refractivity contribution in [2.45, 2.75) is 52.5 Å². The van der Waals surface area contributed by atoms with Crippen molar-refractivity contribution in [1.82, 2.24) is 10.2 Å². The van der Waals surface area contributed by atoms with Gasteiger partial charge in [0.25, 0.3) is 5.91 Å². The second kappa shape index (κ2) is 8.13. The van der Waals surface area contributed by atoms with E-state index in [0.29, 0.717) is 31.8 Å². The molecular weight excluding hydrogens is 342 g/mol. The summed E-state index contributed by atoms with van der Waals surface area (Å²) in [4.78, 5) is 26.9. The molecule has 27 heavy (non-hydrogen) atoms. The number of hydrogen-bond acceptors (Lipinski definition) is 4. The highest BCUT2D eigenvalue weighted by Gasteiger charge is 2.31. The van der Waals surface area contributed by atoms with Gasteiger partial charge >= 0.3 is 0 Å². The van der Waals surface area contributed by atoms with Gasteiger partial charge in [-0.1, -0.05) is 12.1 Å². The summed E-state index contributed by atoms with van der Waals surface area (Å²) in [6.07, 6.45) is 3.21. The van der Waals surface area contributed by atoms with Gasteiger partial charge in [0.1, 0.15) is 5.58 Å². The van der Waals surface area contributed by atoms with E-state index in [2.05, 4.69) is 11.4 Å². The molecule has 3 N–H and O–H groups in total. The molecule has 2 amide bonds. The maximum absolute atomic E-state index is 13.3. The predicted molar refractivity (Wildman–Crippen MR) is 106 cm³/mol. The molecule has 1 aromatic heterocycles. The quantitative estimate of drug-likeness (QED) is 0.846. The van der Waals surface area contributed by atoms with Crippen LogP contribution in [0.1, 0.15) is 52.9 Å². The number of aryl methyl sites for hydroxylation is 3. The van der Waals surface area contributed by atoms with Crippen LogP contribution in [0.4, 0.5) is 0 Å². The first-order chi connectivity index (χ1) is 12.9. The highest BCUT2D eigenvalue weighted by Crippen LogP contribution is 2.32. The second-order valence-corrected chi connectivity index (χ2v) is 7.45. The van der Waals surface area contributed by atoms with Crippen LogP contribution in [-0.2, 0) is 4.79 Å². The van der Waals surface area contributed by atoms with Crippen LogP contribution in [0.25, 0.3) is 11.0 Å². The molecule has 6 nitrogen and oxygen atoms in total. The van der Waals surface area contributed by atoms with Crippen LogP contribution in [-0.4, -0.2) is 42.4 Å². The van der Waals surface area contributed by atoms with E-state index >= 15 is 0 Å². The van der Waals surface area contributed by atoms with Crippen molar-refractivity contribution < 1.29 is 14.0 Å². The summed E-state index contributed by atoms with van der Waals surface area (Å²) in [5.74, 6) is 0.268. The van der Waals surface area contributed by atoms with E-state index in [0.717, 1.165) is 46.9 Å². The van der Waals surface area contributed by atoms with E-state index in [1.807, 2.05) is 31.7 Å². The summed E-state index contributed by atoms with van der Waals surface area (Å²) in [5, 5.41) is 3.94. The zero-order valence-corrected chi connectivity index (χ0v) is 16.4. The van der Waals surface area contributed by atoms with Crippen molar-refractivity contribution in [2.75, 3.05) is 19.6 Å². The monoisotopic (exact) mass is 371 g/mol. The molecule has 6 heteroatoms. The average molecular weight is 371 g/mol. The van der Waals surface area contributed by atoms with E-state index in [4.69, 9.17) is 10.2 Å². The van der Waals surface area contributed by atoms with Gasteiger partial charge in [0.05, 0.1) is 0 Å². The molecular formula is C21H29N3O3. The number of rotatable bonds is 5. The molecule has 0 radical (unpaired) electrons. The van der Waals surface area contributed by atoms with Gasteiger partial charge in [0, 0.05) is 43.0 Å². The lowest BCUT2D eigenvalue weighted by atomic mass is 10.00. The Balaban J connectivity index is 1.86. The average Bonchev–Trinajstić information content (AvgIpc) is 3.02. The fourth-order valence-electron chi connectivity index (χ4n) is 3.94. The van der Waals surface area contributed by atoms with E-state index in [-0.39, 0.29) is 17.9 Å². The minimum atomic E-state index is -0.0831. The summed E-state index contributed by atoms with van der Waals surface area (Å²) < 4.78 is 6.04. The summed E-state index contributed by atoms with van der Waals surface area (Å²) in [7, 11) is 0. The van der Waals surface area contributed by atoms with Crippen LogP contribution in [0, 0.1) is 20.8 Å². The van der Waals surface area contributed by atoms with Crippen LogP contribution < -0.4 is 11.1 Å². The van der Waals surface area contributed by atoms with Gasteiger partial charge in [-0.2, -0.15) is 0 Å². The Morgan fingerprint density at radius 2 is 1.96 bits per heavy atom. The largest absolute Gasteiger partial charge is 0.450 e. The number of amides is 2. The molecule has 0 aliphatic carbocycles. The number of nitrogens with zero attached hydrogens (tertiary/aromatic N) is 1. The van der Waals surface area contributed by atoms with Gasteiger partial charge in [-0.3, -0.25) is 9.59 Å². The van der Waals surface area contributed by atoms with Crippen LogP contribution >= 0.6 is 0 Å². The van der Waals surface area contributed by atoms with Crippen molar-refractivity contribution in [3.8, 4) is 0 Å². The zero-order chi connectivity index (χ0) is 19.6. The maximum atomic E-state index is 13.3. The van der Waals surface area contributed by atoms with Gasteiger partial charge in [-0.15, -0.1) is 0 Å². The molecule has 0 bridgehead atoms. The minimum Gasteiger partial charge on any atom is -0.450 e. The van der Waals surface area contributed by atoms with E-state index in [1.165, 1.54) is 0 Å². The fourth-order valence-corrected chi connectivity index (χ4v) is 3.94. The summed E-state index contributed by atoms with van der Waals surface area (Å²) in [6.45, 7) is 7.46. The third-order valence-electron chi connectivity index (χ3n) is 5.47. The minimum absolute atomic E-state index is 0.0113. The van der Waals surface area contributed by atoms with Crippen molar-refractivity contribution in [2.24, 2.45) is 5.73 Å². The number of benzene rings is 1. The number of furan rings is 1. The number of carbonyl (C=O) groups is 2. The number of fused-ring (bicyclic) bond motifs is 1. The predicted octanol–water partition coefficient (Wildman–Crippen LogP) is 2.82. The first kappa shape index (κ1) is 19.4. The summed E-state index contributed by atoms with van der Waals surface area (Å²) in [6, 6.07) is 4.07. The molecule has 0 saturated carbocycles. The maximum Gasteiger partial charge on any atom is 0.290 e. The Morgan fingerprint density at radius 3 is 2.67 bits per heavy atom. The Kier molecular flexibility index (Phi) is 5.85. The molecule has 1 aliphatic heterocycles. The fraction of sp³-hybridized carbons (Fsp3) is 0.524. The number of carbonyl (C=O) groups excluding carboxylic acids is 2. The lowest BCUT2D eigenvalue weighted by molar-refractivity contribution is -0.121. The van der Waals surface area contributed by atoms with Crippen molar-refractivity contribution in [3.05, 3.63) is 34.6 Å². The Labute approximate surface area is 160 Å². The number of nitrogens with two attached hydrogens (primary N) is 1. The molecule has 1 atom stereocenters. The second-order valence-electron chi connectivity index (χ2n) is 7.45. The summed E-state index contributed by atoms with van der Waals surface area (Å²) in [5.41, 5.74) is 9.26. The van der Waals surface area contributed by atoms with Gasteiger partial charge in [-0.05, 0) is 51.2 Å². The highest BCUT2D eigenvalue weighted by molar-refractivity contribution is 6.00. The molecule has 1 saturated heterocycles. The SMILES string of the molecule is Cc1ccc(C)c2c(C)c(C(=O)N3CCCCC3CNC(=O)CCN)oc12. The van der Waals surface area contributed by atoms with Crippen LogP contribution in [0.5, 0.6) is 0 Å². The van der Waals surface area contributed by atoms with Crippen molar-refractivity contribution >= 4 is 22.8 Å². The normalized spacial score (nSPS) is 17.3. The molecule has 1 unspecified atom stereocenters. The number of likely N-dealkylation sites (tertiary alicyclic amines) is 1. The lowest BCUT2D eigenvalue weighted by Crippen LogP contribution is -2.49. The molecule has 2 aromatic rings. The van der Waals surface area contributed by atoms with Gasteiger partial charge < -0.3 is 20.4 Å². The molecule has 1 aliphatic rings. The molecule has 2 heterocycles. The van der Waals surface area contributed by atoms with Crippen LogP contribution in [0.2, 0.25) is 0 Å². The lowest BCUT2D eigenvalue weighted by Gasteiger charge is -2.35. The van der Waals surface area contributed by atoms with Gasteiger partial charge in [0.2, 0.25) is 5.91 Å². The smallest absolute Gasteiger partial charge is 0.290 e.